The average molecular weight is 394 g/mol. The summed E-state index contributed by atoms with van der Waals surface area (Å²) < 4.78 is 4.88. The first-order valence-electron chi connectivity index (χ1n) is 9.63. The van der Waals surface area contributed by atoms with Gasteiger partial charge >= 0.3 is 5.97 Å². The van der Waals surface area contributed by atoms with Crippen LogP contribution in [0.5, 0.6) is 0 Å². The number of esters is 1. The molecule has 1 heterocycles. The highest BCUT2D eigenvalue weighted by Gasteiger charge is 2.20. The van der Waals surface area contributed by atoms with Crippen molar-refractivity contribution >= 4 is 17.7 Å². The molecule has 0 aliphatic carbocycles. The number of nitrogen functional groups attached to an aromatic ring is 1. The largest absolute Gasteiger partial charge is 0.465 e. The van der Waals surface area contributed by atoms with Crippen LogP contribution < -0.4 is 16.4 Å². The smallest absolute Gasteiger partial charge is 0.337 e. The zero-order valence-electron chi connectivity index (χ0n) is 16.5. The quantitative estimate of drug-likeness (QED) is 0.340. The molecule has 0 bridgehead atoms. The minimum atomic E-state index is -0.444. The Labute approximate surface area is 170 Å². The third kappa shape index (κ3) is 5.20. The highest BCUT2D eigenvalue weighted by atomic mass is 16.5. The summed E-state index contributed by atoms with van der Waals surface area (Å²) in [5.41, 5.74) is 9.04. The summed E-state index contributed by atoms with van der Waals surface area (Å²) in [7, 11) is 1.34. The molecule has 5 N–H and O–H groups in total. The molecule has 0 aromatic heterocycles. The van der Waals surface area contributed by atoms with Crippen molar-refractivity contribution in [2.24, 2.45) is 11.7 Å². The van der Waals surface area contributed by atoms with Crippen molar-refractivity contribution < 1.29 is 14.3 Å². The maximum atomic E-state index is 12.5. The van der Waals surface area contributed by atoms with Crippen LogP contribution in [-0.2, 0) is 16.1 Å². The molecule has 1 aliphatic rings. The minimum Gasteiger partial charge on any atom is -0.465 e. The Balaban J connectivity index is 1.85. The van der Waals surface area contributed by atoms with Crippen LogP contribution in [-0.4, -0.2) is 37.9 Å². The van der Waals surface area contributed by atoms with Crippen molar-refractivity contribution in [3.8, 4) is 11.1 Å². The zero-order valence-corrected chi connectivity index (χ0v) is 16.5. The molecule has 1 fully saturated rings. The maximum absolute atomic E-state index is 12.5. The number of hydrogen-bond acceptors (Lipinski definition) is 5. The Hall–Kier alpha value is -3.19. The van der Waals surface area contributed by atoms with Gasteiger partial charge in [0.2, 0.25) is 5.91 Å². The van der Waals surface area contributed by atoms with Gasteiger partial charge in [-0.1, -0.05) is 18.2 Å². The molecular formula is C22H26N4O3. The van der Waals surface area contributed by atoms with Crippen molar-refractivity contribution in [2.45, 2.75) is 19.4 Å². The summed E-state index contributed by atoms with van der Waals surface area (Å²) in [6, 6.07) is 12.7. The fourth-order valence-electron chi connectivity index (χ4n) is 3.48. The summed E-state index contributed by atoms with van der Waals surface area (Å²) in [6.07, 6.45) is 1.66. The van der Waals surface area contributed by atoms with E-state index in [1.54, 1.807) is 24.3 Å². The second kappa shape index (κ2) is 9.34. The summed E-state index contributed by atoms with van der Waals surface area (Å²) in [5, 5.41) is 13.9. The predicted octanol–water partition coefficient (Wildman–Crippen LogP) is 2.04. The fourth-order valence-corrected chi connectivity index (χ4v) is 3.48. The maximum Gasteiger partial charge on any atom is 0.337 e. The van der Waals surface area contributed by atoms with Gasteiger partial charge in [0, 0.05) is 18.0 Å². The molecule has 1 saturated heterocycles. The van der Waals surface area contributed by atoms with Crippen LogP contribution in [0.3, 0.4) is 0 Å². The van der Waals surface area contributed by atoms with Gasteiger partial charge in [-0.05, 0) is 66.9 Å². The van der Waals surface area contributed by atoms with Gasteiger partial charge in [-0.3, -0.25) is 10.2 Å². The molecule has 1 amide bonds. The van der Waals surface area contributed by atoms with Crippen LogP contribution in [0.15, 0.2) is 42.5 Å². The lowest BCUT2D eigenvalue weighted by Gasteiger charge is -2.22. The number of carbonyl (C=O) groups excluding carboxylic acids is 2. The summed E-state index contributed by atoms with van der Waals surface area (Å²) in [5.74, 6) is -0.409. The predicted molar refractivity (Wildman–Crippen MR) is 112 cm³/mol. The molecule has 3 rings (SSSR count). The van der Waals surface area contributed by atoms with Crippen molar-refractivity contribution in [1.82, 2.24) is 10.6 Å². The van der Waals surface area contributed by atoms with E-state index < -0.39 is 5.97 Å². The van der Waals surface area contributed by atoms with Crippen molar-refractivity contribution in [2.75, 3.05) is 20.2 Å². The summed E-state index contributed by atoms with van der Waals surface area (Å²) in [6.45, 7) is 2.03. The van der Waals surface area contributed by atoms with Crippen LogP contribution in [0.1, 0.15) is 34.3 Å². The van der Waals surface area contributed by atoms with E-state index >= 15 is 0 Å². The SMILES string of the molecule is COC(=O)c1cc(CNC(=O)C2CCNCC2)cc(-c2cccc(C(=N)N)c2)c1. The number of ether oxygens (including phenoxy) is 1. The summed E-state index contributed by atoms with van der Waals surface area (Å²) in [4.78, 5) is 24.6. The molecular weight excluding hydrogens is 368 g/mol. The van der Waals surface area contributed by atoms with E-state index in [0.29, 0.717) is 17.7 Å². The molecule has 2 aromatic rings. The first kappa shape index (κ1) is 20.5. The van der Waals surface area contributed by atoms with Crippen molar-refractivity contribution in [1.29, 1.82) is 5.41 Å². The Kier molecular flexibility index (Phi) is 6.61. The normalized spacial score (nSPS) is 14.2. The van der Waals surface area contributed by atoms with Gasteiger partial charge in [-0.25, -0.2) is 4.79 Å². The van der Waals surface area contributed by atoms with Gasteiger partial charge in [-0.15, -0.1) is 0 Å². The van der Waals surface area contributed by atoms with Crippen LogP contribution in [0.2, 0.25) is 0 Å². The molecule has 7 heteroatoms. The second-order valence-electron chi connectivity index (χ2n) is 7.15. The first-order valence-corrected chi connectivity index (χ1v) is 9.63. The first-order chi connectivity index (χ1) is 14.0. The standard InChI is InChI=1S/C22H26N4O3/c1-29-22(28)19-10-14(13-26-21(27)15-5-7-25-8-6-15)9-18(12-19)16-3-2-4-17(11-16)20(23)24/h2-4,9-12,15,25H,5-8,13H2,1H3,(H3,23,24)(H,26,27). The third-order valence-corrected chi connectivity index (χ3v) is 5.10. The molecule has 29 heavy (non-hydrogen) atoms. The van der Waals surface area contributed by atoms with E-state index in [9.17, 15) is 9.59 Å². The second-order valence-corrected chi connectivity index (χ2v) is 7.15. The number of nitrogens with one attached hydrogen (secondary N) is 3. The van der Waals surface area contributed by atoms with Gasteiger partial charge in [0.1, 0.15) is 5.84 Å². The Bertz CT molecular complexity index is 920. The molecule has 0 atom stereocenters. The van der Waals surface area contributed by atoms with Gasteiger partial charge in [0.05, 0.1) is 12.7 Å². The third-order valence-electron chi connectivity index (χ3n) is 5.10. The molecule has 7 nitrogen and oxygen atoms in total. The minimum absolute atomic E-state index is 0.0201. The molecule has 0 unspecified atom stereocenters. The monoisotopic (exact) mass is 394 g/mol. The molecule has 0 radical (unpaired) electrons. The number of rotatable bonds is 6. The number of benzene rings is 2. The molecule has 152 valence electrons. The number of hydrogen-bond donors (Lipinski definition) is 4. The number of nitrogens with two attached hydrogens (primary N) is 1. The molecule has 0 spiro atoms. The Morgan fingerprint density at radius 1 is 1.14 bits per heavy atom. The lowest BCUT2D eigenvalue weighted by Crippen LogP contribution is -2.37. The van der Waals surface area contributed by atoms with Gasteiger partial charge in [0.25, 0.3) is 0 Å². The fraction of sp³-hybridized carbons (Fsp3) is 0.318. The zero-order chi connectivity index (χ0) is 20.8. The van der Waals surface area contributed by atoms with E-state index in [0.717, 1.165) is 42.6 Å². The van der Waals surface area contributed by atoms with Crippen LogP contribution in [0.25, 0.3) is 11.1 Å². The Morgan fingerprint density at radius 3 is 2.55 bits per heavy atom. The number of amidine groups is 1. The highest BCUT2D eigenvalue weighted by Crippen LogP contribution is 2.24. The van der Waals surface area contributed by atoms with E-state index in [2.05, 4.69) is 10.6 Å². The topological polar surface area (TPSA) is 117 Å². The summed E-state index contributed by atoms with van der Waals surface area (Å²) >= 11 is 0. The van der Waals surface area contributed by atoms with Crippen LogP contribution in [0.4, 0.5) is 0 Å². The van der Waals surface area contributed by atoms with E-state index in [-0.39, 0.29) is 17.7 Å². The highest BCUT2D eigenvalue weighted by molar-refractivity contribution is 5.96. The number of amides is 1. The number of carbonyl (C=O) groups is 2. The van der Waals surface area contributed by atoms with Crippen LogP contribution in [0, 0.1) is 11.3 Å². The number of methoxy groups -OCH3 is 1. The van der Waals surface area contributed by atoms with Gasteiger partial charge < -0.3 is 21.1 Å². The molecule has 2 aromatic carbocycles. The lowest BCUT2D eigenvalue weighted by molar-refractivity contribution is -0.125. The molecule has 0 saturated carbocycles. The van der Waals surface area contributed by atoms with E-state index in [4.69, 9.17) is 15.9 Å². The molecule has 1 aliphatic heterocycles. The van der Waals surface area contributed by atoms with E-state index in [1.165, 1.54) is 7.11 Å². The average Bonchev–Trinajstić information content (AvgIpc) is 2.77. The van der Waals surface area contributed by atoms with Crippen LogP contribution >= 0.6 is 0 Å². The Morgan fingerprint density at radius 2 is 1.86 bits per heavy atom. The van der Waals surface area contributed by atoms with E-state index in [1.807, 2.05) is 18.2 Å². The lowest BCUT2D eigenvalue weighted by atomic mass is 9.96. The van der Waals surface area contributed by atoms with Gasteiger partial charge in [-0.2, -0.15) is 0 Å². The van der Waals surface area contributed by atoms with Gasteiger partial charge in [0.15, 0.2) is 0 Å². The van der Waals surface area contributed by atoms with Crippen molar-refractivity contribution in [3.63, 3.8) is 0 Å². The number of piperidine rings is 1. The van der Waals surface area contributed by atoms with Crippen molar-refractivity contribution in [3.05, 3.63) is 59.2 Å².